The second kappa shape index (κ2) is 6.39. The number of halogens is 1. The summed E-state index contributed by atoms with van der Waals surface area (Å²) in [5.74, 6) is -0.0195. The Kier molecular flexibility index (Phi) is 6.47. The van der Waals surface area contributed by atoms with Crippen LogP contribution in [0.25, 0.3) is 0 Å². The van der Waals surface area contributed by atoms with E-state index in [4.69, 9.17) is 15.4 Å². The number of hydrogen-bond acceptors (Lipinski definition) is 3. The second-order valence-electron chi connectivity index (χ2n) is 5.29. The maximum Gasteiger partial charge on any atom is 0.233 e. The maximum atomic E-state index is 11.3. The third-order valence-corrected chi connectivity index (χ3v) is 4.88. The fraction of sp³-hybridized carbons (Fsp3) is 1.00. The van der Waals surface area contributed by atoms with Crippen molar-refractivity contribution in [1.29, 1.82) is 0 Å². The highest BCUT2D eigenvalue weighted by Gasteiger charge is 2.33. The van der Waals surface area contributed by atoms with Gasteiger partial charge in [-0.15, -0.1) is 0 Å². The van der Waals surface area contributed by atoms with Crippen molar-refractivity contribution in [3.05, 3.63) is 0 Å². The first-order valence-electron chi connectivity index (χ1n) is 6.16. The van der Waals surface area contributed by atoms with Crippen molar-refractivity contribution in [2.24, 2.45) is 5.41 Å². The van der Waals surface area contributed by atoms with Gasteiger partial charge in [0.05, 0.1) is 18.0 Å². The van der Waals surface area contributed by atoms with E-state index >= 15 is 0 Å². The van der Waals surface area contributed by atoms with Crippen molar-refractivity contribution in [3.63, 3.8) is 0 Å². The molecule has 0 saturated carbocycles. The SMILES string of the molecule is CCC(CC)(COC(C)(C)CC)CS(=O)(=O)Cl. The van der Waals surface area contributed by atoms with Gasteiger partial charge in [0.15, 0.2) is 0 Å². The van der Waals surface area contributed by atoms with Gasteiger partial charge in [-0.25, -0.2) is 8.42 Å². The average Bonchev–Trinajstić information content (AvgIpc) is 2.23. The Hall–Kier alpha value is 0.200. The van der Waals surface area contributed by atoms with Crippen molar-refractivity contribution < 1.29 is 13.2 Å². The molecule has 0 amide bonds. The molecule has 5 heteroatoms. The Balaban J connectivity index is 4.74. The fourth-order valence-electron chi connectivity index (χ4n) is 1.52. The Labute approximate surface area is 110 Å². The van der Waals surface area contributed by atoms with Crippen molar-refractivity contribution in [2.45, 2.75) is 59.5 Å². The number of ether oxygens (including phenoxy) is 1. The van der Waals surface area contributed by atoms with Crippen LogP contribution in [-0.4, -0.2) is 26.4 Å². The summed E-state index contributed by atoms with van der Waals surface area (Å²) in [5.41, 5.74) is -0.585. The molecule has 0 aliphatic heterocycles. The van der Waals surface area contributed by atoms with Crippen molar-refractivity contribution in [3.8, 4) is 0 Å². The first kappa shape index (κ1) is 17.2. The molecule has 0 radical (unpaired) electrons. The molecular formula is C12H25ClO3S. The predicted molar refractivity (Wildman–Crippen MR) is 73.0 cm³/mol. The zero-order valence-electron chi connectivity index (χ0n) is 11.5. The zero-order valence-corrected chi connectivity index (χ0v) is 13.1. The molecule has 0 aliphatic carbocycles. The van der Waals surface area contributed by atoms with Gasteiger partial charge in [0.1, 0.15) is 0 Å². The molecule has 0 saturated heterocycles. The van der Waals surface area contributed by atoms with E-state index in [1.807, 2.05) is 27.7 Å². The lowest BCUT2D eigenvalue weighted by atomic mass is 9.85. The smallest absolute Gasteiger partial charge is 0.233 e. The molecule has 0 spiro atoms. The van der Waals surface area contributed by atoms with Crippen LogP contribution in [0.4, 0.5) is 0 Å². The highest BCUT2D eigenvalue weighted by molar-refractivity contribution is 8.13. The lowest BCUT2D eigenvalue weighted by Crippen LogP contribution is -2.37. The van der Waals surface area contributed by atoms with Crippen molar-refractivity contribution in [2.75, 3.05) is 12.4 Å². The lowest BCUT2D eigenvalue weighted by molar-refractivity contribution is -0.0616. The van der Waals surface area contributed by atoms with Gasteiger partial charge in [-0.05, 0) is 33.1 Å². The summed E-state index contributed by atoms with van der Waals surface area (Å²) in [6.07, 6.45) is 2.38. The van der Waals surface area contributed by atoms with Crippen LogP contribution in [0, 0.1) is 5.41 Å². The molecule has 0 heterocycles. The van der Waals surface area contributed by atoms with Gasteiger partial charge in [0, 0.05) is 16.1 Å². The summed E-state index contributed by atoms with van der Waals surface area (Å²) in [5, 5.41) is 0. The van der Waals surface area contributed by atoms with E-state index in [0.717, 1.165) is 19.3 Å². The predicted octanol–water partition coefficient (Wildman–Crippen LogP) is 3.57. The van der Waals surface area contributed by atoms with Gasteiger partial charge in [-0.3, -0.25) is 0 Å². The minimum atomic E-state index is -3.49. The summed E-state index contributed by atoms with van der Waals surface area (Å²) in [6, 6.07) is 0. The average molecular weight is 285 g/mol. The molecule has 0 aromatic heterocycles. The standard InChI is InChI=1S/C12H25ClO3S/c1-6-11(4,5)16-9-12(7-2,8-3)10-17(13,14)15/h6-10H2,1-5H3. The first-order chi connectivity index (χ1) is 7.60. The van der Waals surface area contributed by atoms with E-state index in [1.165, 1.54) is 0 Å². The van der Waals surface area contributed by atoms with Crippen LogP contribution >= 0.6 is 10.7 Å². The Morgan fingerprint density at radius 3 is 1.82 bits per heavy atom. The third kappa shape index (κ3) is 6.63. The first-order valence-corrected chi connectivity index (χ1v) is 8.64. The molecule has 0 N–H and O–H groups in total. The summed E-state index contributed by atoms with van der Waals surface area (Å²) in [7, 11) is 1.89. The quantitative estimate of drug-likeness (QED) is 0.640. The zero-order chi connectivity index (χ0) is 13.7. The molecule has 0 fully saturated rings. The largest absolute Gasteiger partial charge is 0.375 e. The monoisotopic (exact) mass is 284 g/mol. The van der Waals surface area contributed by atoms with Crippen LogP contribution in [0.1, 0.15) is 53.9 Å². The minimum Gasteiger partial charge on any atom is -0.375 e. The molecular weight excluding hydrogens is 260 g/mol. The van der Waals surface area contributed by atoms with E-state index in [1.54, 1.807) is 0 Å². The van der Waals surface area contributed by atoms with E-state index in [2.05, 4.69) is 6.92 Å². The topological polar surface area (TPSA) is 43.4 Å². The van der Waals surface area contributed by atoms with Crippen LogP contribution in [0.2, 0.25) is 0 Å². The second-order valence-corrected chi connectivity index (χ2v) is 8.07. The van der Waals surface area contributed by atoms with Gasteiger partial charge < -0.3 is 4.74 Å². The van der Waals surface area contributed by atoms with Gasteiger partial charge >= 0.3 is 0 Å². The van der Waals surface area contributed by atoms with Crippen LogP contribution in [0.15, 0.2) is 0 Å². The van der Waals surface area contributed by atoms with E-state index in [9.17, 15) is 8.42 Å². The molecule has 0 aromatic carbocycles. The molecule has 0 atom stereocenters. The maximum absolute atomic E-state index is 11.3. The van der Waals surface area contributed by atoms with Gasteiger partial charge in [-0.1, -0.05) is 20.8 Å². The molecule has 0 bridgehead atoms. The lowest BCUT2D eigenvalue weighted by Gasteiger charge is -2.34. The summed E-state index contributed by atoms with van der Waals surface area (Å²) < 4.78 is 28.4. The van der Waals surface area contributed by atoms with Gasteiger partial charge in [0.2, 0.25) is 9.05 Å². The van der Waals surface area contributed by atoms with Gasteiger partial charge in [0.25, 0.3) is 0 Å². The number of hydrogen-bond donors (Lipinski definition) is 0. The highest BCUT2D eigenvalue weighted by atomic mass is 35.7. The third-order valence-electron chi connectivity index (χ3n) is 3.60. The van der Waals surface area contributed by atoms with Crippen molar-refractivity contribution in [1.82, 2.24) is 0 Å². The van der Waals surface area contributed by atoms with E-state index in [-0.39, 0.29) is 16.8 Å². The van der Waals surface area contributed by atoms with Crippen LogP contribution in [-0.2, 0) is 13.8 Å². The Morgan fingerprint density at radius 2 is 1.53 bits per heavy atom. The molecule has 0 rings (SSSR count). The fourth-order valence-corrected chi connectivity index (χ4v) is 3.43. The molecule has 0 unspecified atom stereocenters. The summed E-state index contributed by atoms with van der Waals surface area (Å²) in [4.78, 5) is 0. The Morgan fingerprint density at radius 1 is 1.06 bits per heavy atom. The molecule has 0 aromatic rings. The highest BCUT2D eigenvalue weighted by Crippen LogP contribution is 2.32. The molecule has 17 heavy (non-hydrogen) atoms. The summed E-state index contributed by atoms with van der Waals surface area (Å²) in [6.45, 7) is 10.5. The minimum absolute atomic E-state index is 0.0195. The van der Waals surface area contributed by atoms with Crippen molar-refractivity contribution >= 4 is 19.7 Å². The van der Waals surface area contributed by atoms with Gasteiger partial charge in [-0.2, -0.15) is 0 Å². The van der Waals surface area contributed by atoms with Crippen LogP contribution < -0.4 is 0 Å². The molecule has 104 valence electrons. The summed E-state index contributed by atoms with van der Waals surface area (Å²) >= 11 is 0. The van der Waals surface area contributed by atoms with Crippen LogP contribution in [0.3, 0.4) is 0 Å². The molecule has 0 aliphatic rings. The normalized spacial score (nSPS) is 14.0. The Bertz CT molecular complexity index is 319. The van der Waals surface area contributed by atoms with Crippen LogP contribution in [0.5, 0.6) is 0 Å². The number of rotatable bonds is 8. The van der Waals surface area contributed by atoms with E-state index in [0.29, 0.717) is 6.61 Å². The molecule has 3 nitrogen and oxygen atoms in total. The van der Waals surface area contributed by atoms with E-state index < -0.39 is 9.05 Å².